The Bertz CT molecular complexity index is 557. The number of nitrogens with zero attached hydrogens (tertiary/aromatic N) is 1. The Morgan fingerprint density at radius 1 is 1.29 bits per heavy atom. The Morgan fingerprint density at radius 2 is 1.95 bits per heavy atom. The Labute approximate surface area is 122 Å². The molecule has 0 fully saturated rings. The number of carbonyl (C=O) groups is 2. The van der Waals surface area contributed by atoms with Crippen molar-refractivity contribution in [1.29, 1.82) is 0 Å². The van der Waals surface area contributed by atoms with Gasteiger partial charge in [0.2, 0.25) is 5.88 Å². The number of ether oxygens (including phenoxy) is 4. The van der Waals surface area contributed by atoms with Crippen molar-refractivity contribution in [3.05, 3.63) is 22.9 Å². The Morgan fingerprint density at radius 3 is 2.57 bits per heavy atom. The number of pyridine rings is 1. The Hall–Kier alpha value is -2.15. The van der Waals surface area contributed by atoms with E-state index in [1.807, 2.05) is 0 Å². The van der Waals surface area contributed by atoms with Crippen LogP contribution in [-0.4, -0.2) is 43.9 Å². The highest BCUT2D eigenvalue weighted by Gasteiger charge is 2.31. The minimum absolute atomic E-state index is 0.0570. The molecule has 0 radical (unpaired) electrons. The van der Waals surface area contributed by atoms with Crippen LogP contribution < -0.4 is 4.74 Å². The van der Waals surface area contributed by atoms with Crippen LogP contribution in [0.3, 0.4) is 0 Å². The number of fused-ring (bicyclic) bond motifs is 1. The molecule has 0 aliphatic carbocycles. The number of methoxy groups -OCH3 is 1. The third-order valence-corrected chi connectivity index (χ3v) is 2.98. The maximum absolute atomic E-state index is 12.0. The van der Waals surface area contributed by atoms with E-state index in [2.05, 4.69) is 4.98 Å². The van der Waals surface area contributed by atoms with E-state index < -0.39 is 11.9 Å². The van der Waals surface area contributed by atoms with Gasteiger partial charge in [0, 0.05) is 12.7 Å². The van der Waals surface area contributed by atoms with Gasteiger partial charge in [-0.15, -0.1) is 0 Å². The quantitative estimate of drug-likeness (QED) is 0.761. The van der Waals surface area contributed by atoms with E-state index in [1.165, 1.54) is 13.2 Å². The van der Waals surface area contributed by atoms with E-state index >= 15 is 0 Å². The first-order chi connectivity index (χ1) is 10.1. The molecule has 0 aromatic carbocycles. The van der Waals surface area contributed by atoms with E-state index in [0.29, 0.717) is 5.56 Å². The topological polar surface area (TPSA) is 84.0 Å². The zero-order valence-corrected chi connectivity index (χ0v) is 12.2. The summed E-state index contributed by atoms with van der Waals surface area (Å²) in [5.74, 6) is -1.04. The minimum Gasteiger partial charge on any atom is -0.474 e. The lowest BCUT2D eigenvalue weighted by atomic mass is 10.1. The highest BCUT2D eigenvalue weighted by atomic mass is 16.5. The summed E-state index contributed by atoms with van der Waals surface area (Å²) < 4.78 is 20.5. The molecule has 0 bridgehead atoms. The molecule has 1 atom stereocenters. The molecule has 1 aliphatic rings. The summed E-state index contributed by atoms with van der Waals surface area (Å²) in [7, 11) is 1.53. The van der Waals surface area contributed by atoms with Gasteiger partial charge >= 0.3 is 11.9 Å². The molecule has 2 rings (SSSR count). The van der Waals surface area contributed by atoms with Gasteiger partial charge in [-0.05, 0) is 19.9 Å². The summed E-state index contributed by atoms with van der Waals surface area (Å²) in [5.41, 5.74) is 0.570. The van der Waals surface area contributed by atoms with Crippen LogP contribution in [0.15, 0.2) is 6.07 Å². The van der Waals surface area contributed by atoms with Crippen LogP contribution in [0, 0.1) is 0 Å². The smallest absolute Gasteiger partial charge is 0.357 e. The lowest BCUT2D eigenvalue weighted by Gasteiger charge is -2.10. The molecular weight excluding hydrogens is 278 g/mol. The van der Waals surface area contributed by atoms with Crippen molar-refractivity contribution in [3.8, 4) is 5.88 Å². The van der Waals surface area contributed by atoms with Gasteiger partial charge in [-0.2, -0.15) is 0 Å². The summed E-state index contributed by atoms with van der Waals surface area (Å²) in [5, 5.41) is 0. The lowest BCUT2D eigenvalue weighted by Crippen LogP contribution is -2.17. The van der Waals surface area contributed by atoms with Crippen LogP contribution in [0.5, 0.6) is 5.88 Å². The summed E-state index contributed by atoms with van der Waals surface area (Å²) in [6.45, 7) is 4.02. The van der Waals surface area contributed by atoms with Crippen molar-refractivity contribution in [2.45, 2.75) is 20.0 Å². The number of hydrogen-bond donors (Lipinski definition) is 0. The van der Waals surface area contributed by atoms with Crippen LogP contribution in [0.25, 0.3) is 0 Å². The molecular formula is C14H17NO6. The highest BCUT2D eigenvalue weighted by molar-refractivity contribution is 6.02. The summed E-state index contributed by atoms with van der Waals surface area (Å²) in [6.07, 6.45) is -0.322. The van der Waals surface area contributed by atoms with Crippen LogP contribution in [0.4, 0.5) is 0 Å². The monoisotopic (exact) mass is 295 g/mol. The van der Waals surface area contributed by atoms with E-state index in [0.717, 1.165) is 0 Å². The van der Waals surface area contributed by atoms with Crippen molar-refractivity contribution in [1.82, 2.24) is 4.98 Å². The van der Waals surface area contributed by atoms with Gasteiger partial charge in [0.1, 0.15) is 12.7 Å². The fourth-order valence-electron chi connectivity index (χ4n) is 2.02. The highest BCUT2D eigenvalue weighted by Crippen LogP contribution is 2.34. The standard InChI is InChI=1S/C14H17NO6/c1-4-19-13(16)9-6-8-10(18-3)7-21-12(8)15-11(9)14(17)20-5-2/h6,10H,4-5,7H2,1-3H3. The molecule has 0 saturated heterocycles. The van der Waals surface area contributed by atoms with Gasteiger partial charge in [-0.1, -0.05) is 0 Å². The Balaban J connectivity index is 2.48. The van der Waals surface area contributed by atoms with Crippen molar-refractivity contribution in [3.63, 3.8) is 0 Å². The van der Waals surface area contributed by atoms with Gasteiger partial charge in [-0.25, -0.2) is 14.6 Å². The third-order valence-electron chi connectivity index (χ3n) is 2.98. The fraction of sp³-hybridized carbons (Fsp3) is 0.500. The van der Waals surface area contributed by atoms with Crippen LogP contribution in [0.2, 0.25) is 0 Å². The first-order valence-corrected chi connectivity index (χ1v) is 6.67. The predicted molar refractivity (Wildman–Crippen MR) is 71.4 cm³/mol. The largest absolute Gasteiger partial charge is 0.474 e. The normalized spacial score (nSPS) is 16.0. The molecule has 1 aliphatic heterocycles. The van der Waals surface area contributed by atoms with Crippen molar-refractivity contribution < 1.29 is 28.5 Å². The van der Waals surface area contributed by atoms with Crippen LogP contribution in [-0.2, 0) is 14.2 Å². The van der Waals surface area contributed by atoms with E-state index in [1.54, 1.807) is 13.8 Å². The fourth-order valence-corrected chi connectivity index (χ4v) is 2.02. The second-order valence-electron chi connectivity index (χ2n) is 4.26. The Kier molecular flexibility index (Phi) is 4.74. The van der Waals surface area contributed by atoms with Gasteiger partial charge in [0.15, 0.2) is 5.69 Å². The van der Waals surface area contributed by atoms with E-state index in [-0.39, 0.29) is 43.1 Å². The second kappa shape index (κ2) is 6.53. The molecule has 114 valence electrons. The number of carbonyl (C=O) groups excluding carboxylic acids is 2. The number of esters is 2. The maximum Gasteiger partial charge on any atom is 0.357 e. The second-order valence-corrected chi connectivity index (χ2v) is 4.26. The molecule has 7 heteroatoms. The summed E-state index contributed by atoms with van der Waals surface area (Å²) in [6, 6.07) is 1.52. The zero-order valence-electron chi connectivity index (χ0n) is 12.2. The molecule has 0 amide bonds. The summed E-state index contributed by atoms with van der Waals surface area (Å²) >= 11 is 0. The first-order valence-electron chi connectivity index (χ1n) is 6.67. The molecule has 1 aromatic heterocycles. The van der Waals surface area contributed by atoms with Crippen LogP contribution >= 0.6 is 0 Å². The summed E-state index contributed by atoms with van der Waals surface area (Å²) in [4.78, 5) is 28.1. The van der Waals surface area contributed by atoms with Gasteiger partial charge in [0.25, 0.3) is 0 Å². The average molecular weight is 295 g/mol. The predicted octanol–water partition coefficient (Wildman–Crippen LogP) is 1.51. The lowest BCUT2D eigenvalue weighted by molar-refractivity contribution is 0.0472. The van der Waals surface area contributed by atoms with E-state index in [9.17, 15) is 9.59 Å². The SMILES string of the molecule is CCOC(=O)c1cc2c(nc1C(=O)OCC)OCC2OC. The molecule has 0 spiro atoms. The average Bonchev–Trinajstić information content (AvgIpc) is 2.88. The maximum atomic E-state index is 12.0. The van der Waals surface area contributed by atoms with Crippen molar-refractivity contribution >= 4 is 11.9 Å². The molecule has 21 heavy (non-hydrogen) atoms. The molecule has 0 N–H and O–H groups in total. The van der Waals surface area contributed by atoms with Gasteiger partial charge < -0.3 is 18.9 Å². The third kappa shape index (κ3) is 2.97. The van der Waals surface area contributed by atoms with Crippen LogP contribution in [0.1, 0.15) is 46.4 Å². The molecule has 7 nitrogen and oxygen atoms in total. The zero-order chi connectivity index (χ0) is 15.4. The van der Waals surface area contributed by atoms with Gasteiger partial charge in [0.05, 0.1) is 18.8 Å². The minimum atomic E-state index is -0.687. The molecule has 2 heterocycles. The first kappa shape index (κ1) is 15.2. The van der Waals surface area contributed by atoms with Crippen molar-refractivity contribution in [2.24, 2.45) is 0 Å². The molecule has 0 saturated carbocycles. The van der Waals surface area contributed by atoms with Crippen molar-refractivity contribution in [2.75, 3.05) is 26.9 Å². The van der Waals surface area contributed by atoms with Gasteiger partial charge in [-0.3, -0.25) is 0 Å². The molecule has 1 aromatic rings. The molecule has 1 unspecified atom stereocenters. The van der Waals surface area contributed by atoms with E-state index in [4.69, 9.17) is 18.9 Å². The number of rotatable bonds is 5. The number of hydrogen-bond acceptors (Lipinski definition) is 7. The number of aromatic nitrogens is 1.